The molecule has 1 aromatic rings. The molecule has 1 aliphatic heterocycles. The van der Waals surface area contributed by atoms with Gasteiger partial charge in [-0.15, -0.1) is 0 Å². The second-order valence-electron chi connectivity index (χ2n) is 6.51. The van der Waals surface area contributed by atoms with Gasteiger partial charge in [0.25, 0.3) is 0 Å². The van der Waals surface area contributed by atoms with Crippen LogP contribution in [-0.2, 0) is 9.53 Å². The number of nitrogens with zero attached hydrogens (tertiary/aromatic N) is 1. The highest BCUT2D eigenvalue weighted by atomic mass is 19.1. The number of rotatable bonds is 8. The molecule has 0 spiro atoms. The molecule has 1 saturated heterocycles. The van der Waals surface area contributed by atoms with Gasteiger partial charge in [0, 0.05) is 37.3 Å². The van der Waals surface area contributed by atoms with Gasteiger partial charge in [-0.05, 0) is 24.1 Å². The molecule has 0 radical (unpaired) electrons. The van der Waals surface area contributed by atoms with Gasteiger partial charge in [-0.25, -0.2) is 8.78 Å². The molecule has 26 heavy (non-hydrogen) atoms. The standard InChI is InChI=1S/C20H28F2N2O2/c1-3-15(4-2)19(24-10-12-26-13-11-24)14-23-20(25)9-8-16-17(21)6-5-7-18(16)22/h5-9,15,19H,3-4,10-14H2,1-2H3,(H,23,25)/b9-8+. The molecule has 1 atom stereocenters. The van der Waals surface area contributed by atoms with Crippen LogP contribution in [-0.4, -0.2) is 49.7 Å². The Balaban J connectivity index is 1.98. The number of hydrogen-bond donors (Lipinski definition) is 1. The number of carbonyl (C=O) groups is 1. The summed E-state index contributed by atoms with van der Waals surface area (Å²) in [5, 5.41) is 2.89. The van der Waals surface area contributed by atoms with Crippen LogP contribution in [0.4, 0.5) is 8.78 Å². The summed E-state index contributed by atoms with van der Waals surface area (Å²) in [5.74, 6) is -1.24. The van der Waals surface area contributed by atoms with E-state index in [4.69, 9.17) is 4.74 Å². The summed E-state index contributed by atoms with van der Waals surface area (Å²) in [6, 6.07) is 3.87. The van der Waals surface area contributed by atoms with E-state index in [1.54, 1.807) is 0 Å². The predicted molar refractivity (Wildman–Crippen MR) is 98.7 cm³/mol. The van der Waals surface area contributed by atoms with E-state index in [1.165, 1.54) is 30.4 Å². The summed E-state index contributed by atoms with van der Waals surface area (Å²) in [5.41, 5.74) is -0.202. The number of ether oxygens (including phenoxy) is 1. The first-order valence-corrected chi connectivity index (χ1v) is 9.28. The van der Waals surface area contributed by atoms with Gasteiger partial charge in [0.1, 0.15) is 11.6 Å². The molecule has 6 heteroatoms. The molecular weight excluding hydrogens is 338 g/mol. The van der Waals surface area contributed by atoms with Gasteiger partial charge in [-0.3, -0.25) is 9.69 Å². The van der Waals surface area contributed by atoms with E-state index in [2.05, 4.69) is 24.1 Å². The molecule has 1 aliphatic rings. The van der Waals surface area contributed by atoms with Crippen LogP contribution in [0, 0.1) is 17.6 Å². The molecule has 0 bridgehead atoms. The maximum atomic E-state index is 13.6. The Morgan fingerprint density at radius 1 is 1.23 bits per heavy atom. The fraction of sp³-hybridized carbons (Fsp3) is 0.550. The fourth-order valence-electron chi connectivity index (χ4n) is 3.43. The average molecular weight is 366 g/mol. The second kappa shape index (κ2) is 10.4. The summed E-state index contributed by atoms with van der Waals surface area (Å²) < 4.78 is 32.6. The molecule has 4 nitrogen and oxygen atoms in total. The Bertz CT molecular complexity index is 592. The molecule has 0 aliphatic carbocycles. The molecule has 1 N–H and O–H groups in total. The molecule has 1 unspecified atom stereocenters. The Kier molecular flexibility index (Phi) is 8.19. The van der Waals surface area contributed by atoms with Crippen molar-refractivity contribution in [2.45, 2.75) is 32.7 Å². The molecule has 2 rings (SSSR count). The number of hydrogen-bond acceptors (Lipinski definition) is 3. The molecular formula is C20H28F2N2O2. The molecule has 1 heterocycles. The van der Waals surface area contributed by atoms with E-state index in [0.29, 0.717) is 25.7 Å². The first-order valence-electron chi connectivity index (χ1n) is 9.28. The van der Waals surface area contributed by atoms with E-state index >= 15 is 0 Å². The van der Waals surface area contributed by atoms with Crippen molar-refractivity contribution in [3.05, 3.63) is 41.5 Å². The number of benzene rings is 1. The minimum Gasteiger partial charge on any atom is -0.379 e. The van der Waals surface area contributed by atoms with Crippen LogP contribution in [0.2, 0.25) is 0 Å². The average Bonchev–Trinajstić information content (AvgIpc) is 2.65. The molecule has 0 aromatic heterocycles. The number of halogens is 2. The maximum Gasteiger partial charge on any atom is 0.244 e. The third-order valence-electron chi connectivity index (χ3n) is 4.99. The summed E-state index contributed by atoms with van der Waals surface area (Å²) in [4.78, 5) is 14.5. The van der Waals surface area contributed by atoms with Crippen LogP contribution in [0.3, 0.4) is 0 Å². The van der Waals surface area contributed by atoms with Gasteiger partial charge in [0.05, 0.1) is 13.2 Å². The van der Waals surface area contributed by atoms with Crippen LogP contribution in [0.1, 0.15) is 32.3 Å². The molecule has 144 valence electrons. The van der Waals surface area contributed by atoms with Gasteiger partial charge in [0.15, 0.2) is 0 Å². The summed E-state index contributed by atoms with van der Waals surface area (Å²) in [7, 11) is 0. The van der Waals surface area contributed by atoms with Crippen LogP contribution >= 0.6 is 0 Å². The van der Waals surface area contributed by atoms with E-state index in [-0.39, 0.29) is 17.5 Å². The highest BCUT2D eigenvalue weighted by Gasteiger charge is 2.27. The lowest BCUT2D eigenvalue weighted by atomic mass is 9.92. The molecule has 0 saturated carbocycles. The van der Waals surface area contributed by atoms with Crippen molar-refractivity contribution >= 4 is 12.0 Å². The number of amides is 1. The largest absolute Gasteiger partial charge is 0.379 e. The smallest absolute Gasteiger partial charge is 0.244 e. The van der Waals surface area contributed by atoms with Crippen LogP contribution in [0.15, 0.2) is 24.3 Å². The predicted octanol–water partition coefficient (Wildman–Crippen LogP) is 3.23. The second-order valence-corrected chi connectivity index (χ2v) is 6.51. The van der Waals surface area contributed by atoms with E-state index < -0.39 is 11.6 Å². The summed E-state index contributed by atoms with van der Waals surface area (Å²) in [6.07, 6.45) is 4.43. The van der Waals surface area contributed by atoms with Gasteiger partial charge in [-0.2, -0.15) is 0 Å². The first-order chi connectivity index (χ1) is 12.6. The maximum absolute atomic E-state index is 13.6. The Hall–Kier alpha value is -1.79. The van der Waals surface area contributed by atoms with E-state index in [1.807, 2.05) is 0 Å². The lowest BCUT2D eigenvalue weighted by Gasteiger charge is -2.38. The topological polar surface area (TPSA) is 41.6 Å². The molecule has 1 aromatic carbocycles. The number of carbonyl (C=O) groups excluding carboxylic acids is 1. The first kappa shape index (κ1) is 20.5. The zero-order chi connectivity index (χ0) is 18.9. The normalized spacial score (nSPS) is 17.0. The Morgan fingerprint density at radius 2 is 1.85 bits per heavy atom. The third kappa shape index (κ3) is 5.61. The molecule has 1 fully saturated rings. The van der Waals surface area contributed by atoms with Crippen molar-refractivity contribution in [3.8, 4) is 0 Å². The third-order valence-corrected chi connectivity index (χ3v) is 4.99. The highest BCUT2D eigenvalue weighted by molar-refractivity contribution is 5.91. The van der Waals surface area contributed by atoms with Crippen molar-refractivity contribution in [1.82, 2.24) is 10.2 Å². The zero-order valence-corrected chi connectivity index (χ0v) is 15.5. The number of nitrogens with one attached hydrogen (secondary N) is 1. The van der Waals surface area contributed by atoms with Gasteiger partial charge >= 0.3 is 0 Å². The zero-order valence-electron chi connectivity index (χ0n) is 15.5. The van der Waals surface area contributed by atoms with Crippen LogP contribution in [0.5, 0.6) is 0 Å². The van der Waals surface area contributed by atoms with Crippen molar-refractivity contribution < 1.29 is 18.3 Å². The molecule has 1 amide bonds. The van der Waals surface area contributed by atoms with Gasteiger partial charge in [-0.1, -0.05) is 32.8 Å². The fourth-order valence-corrected chi connectivity index (χ4v) is 3.43. The summed E-state index contributed by atoms with van der Waals surface area (Å²) >= 11 is 0. The highest BCUT2D eigenvalue weighted by Crippen LogP contribution is 2.19. The minimum absolute atomic E-state index is 0.202. The van der Waals surface area contributed by atoms with Crippen molar-refractivity contribution in [3.63, 3.8) is 0 Å². The van der Waals surface area contributed by atoms with Gasteiger partial charge in [0.2, 0.25) is 5.91 Å². The quantitative estimate of drug-likeness (QED) is 0.718. The van der Waals surface area contributed by atoms with Crippen molar-refractivity contribution in [2.75, 3.05) is 32.8 Å². The monoisotopic (exact) mass is 366 g/mol. The lowest BCUT2D eigenvalue weighted by Crippen LogP contribution is -2.51. The SMILES string of the molecule is CCC(CC)C(CNC(=O)/C=C/c1c(F)cccc1F)N1CCOCC1. The van der Waals surface area contributed by atoms with Crippen LogP contribution < -0.4 is 5.32 Å². The summed E-state index contributed by atoms with van der Waals surface area (Å²) in [6.45, 7) is 7.94. The Morgan fingerprint density at radius 3 is 2.42 bits per heavy atom. The van der Waals surface area contributed by atoms with E-state index in [0.717, 1.165) is 25.9 Å². The lowest BCUT2D eigenvalue weighted by molar-refractivity contribution is -0.116. The number of morpholine rings is 1. The van der Waals surface area contributed by atoms with E-state index in [9.17, 15) is 13.6 Å². The van der Waals surface area contributed by atoms with Crippen molar-refractivity contribution in [2.24, 2.45) is 5.92 Å². The van der Waals surface area contributed by atoms with Gasteiger partial charge < -0.3 is 10.1 Å². The van der Waals surface area contributed by atoms with Crippen molar-refractivity contribution in [1.29, 1.82) is 0 Å². The minimum atomic E-state index is -0.683. The Labute approximate surface area is 154 Å². The van der Waals surface area contributed by atoms with Crippen LogP contribution in [0.25, 0.3) is 6.08 Å².